The van der Waals surface area contributed by atoms with Gasteiger partial charge in [-0.15, -0.1) is 0 Å². The first-order valence-electron chi connectivity index (χ1n) is 7.12. The summed E-state index contributed by atoms with van der Waals surface area (Å²) < 4.78 is 5.22. The molecule has 0 aromatic heterocycles. The zero-order valence-corrected chi connectivity index (χ0v) is 12.8. The number of carbonyl (C=O) groups excluding carboxylic acids is 1. The minimum absolute atomic E-state index is 0.208. The van der Waals surface area contributed by atoms with Crippen LogP contribution in [-0.2, 0) is 16.0 Å². The van der Waals surface area contributed by atoms with Gasteiger partial charge >= 0.3 is 5.97 Å². The summed E-state index contributed by atoms with van der Waals surface area (Å²) in [6.07, 6.45) is 2.23. The molecule has 0 amide bonds. The monoisotopic (exact) mass is 298 g/mol. The summed E-state index contributed by atoms with van der Waals surface area (Å²) in [6.45, 7) is 3.82. The van der Waals surface area contributed by atoms with Crippen molar-refractivity contribution in [1.82, 2.24) is 0 Å². The number of aliphatic hydroxyl groups excluding tert-OH is 1. The van der Waals surface area contributed by atoms with E-state index in [1.54, 1.807) is 6.08 Å². The summed E-state index contributed by atoms with van der Waals surface area (Å²) in [4.78, 5) is 12.2. The van der Waals surface area contributed by atoms with Gasteiger partial charge in [0.15, 0.2) is 0 Å². The van der Waals surface area contributed by atoms with Gasteiger partial charge in [-0.25, -0.2) is 0 Å². The van der Waals surface area contributed by atoms with Crippen molar-refractivity contribution in [3.63, 3.8) is 0 Å². The molecular formula is C19H22O3. The predicted molar refractivity (Wildman–Crippen MR) is 88.6 cm³/mol. The van der Waals surface area contributed by atoms with Gasteiger partial charge in [-0.05, 0) is 17.5 Å². The molecule has 0 radical (unpaired) electrons. The summed E-state index contributed by atoms with van der Waals surface area (Å²) in [7, 11) is 1.00. The first-order valence-corrected chi connectivity index (χ1v) is 7.12. The van der Waals surface area contributed by atoms with Crippen molar-refractivity contribution in [2.24, 2.45) is 0 Å². The summed E-state index contributed by atoms with van der Waals surface area (Å²) >= 11 is 0. The van der Waals surface area contributed by atoms with Crippen LogP contribution in [0.2, 0.25) is 0 Å². The maximum Gasteiger partial charge on any atom is 0.314 e. The van der Waals surface area contributed by atoms with Crippen molar-refractivity contribution in [3.05, 3.63) is 84.4 Å². The highest BCUT2D eigenvalue weighted by atomic mass is 16.5. The van der Waals surface area contributed by atoms with E-state index in [1.165, 1.54) is 0 Å². The molecule has 0 fully saturated rings. The molecule has 2 rings (SSSR count). The Morgan fingerprint density at radius 2 is 1.64 bits per heavy atom. The maximum atomic E-state index is 12.2. The highest BCUT2D eigenvalue weighted by Gasteiger charge is 2.22. The van der Waals surface area contributed by atoms with Crippen molar-refractivity contribution in [2.75, 3.05) is 13.7 Å². The van der Waals surface area contributed by atoms with E-state index in [0.717, 1.165) is 18.2 Å². The molecule has 3 heteroatoms. The van der Waals surface area contributed by atoms with Crippen LogP contribution in [0.15, 0.2) is 73.3 Å². The van der Waals surface area contributed by atoms with Crippen LogP contribution in [0.25, 0.3) is 0 Å². The van der Waals surface area contributed by atoms with Crippen molar-refractivity contribution < 1.29 is 14.6 Å². The number of esters is 1. The number of ether oxygens (including phenoxy) is 1. The van der Waals surface area contributed by atoms with E-state index in [1.807, 2.05) is 60.7 Å². The predicted octanol–water partition coefficient (Wildman–Crippen LogP) is 3.35. The first-order chi connectivity index (χ1) is 10.8. The van der Waals surface area contributed by atoms with Crippen LogP contribution in [0.3, 0.4) is 0 Å². The molecule has 0 spiro atoms. The first kappa shape index (κ1) is 17.7. The third kappa shape index (κ3) is 5.54. The summed E-state index contributed by atoms with van der Waals surface area (Å²) in [5.74, 6) is -0.487. The highest BCUT2D eigenvalue weighted by Crippen LogP contribution is 2.22. The molecule has 116 valence electrons. The second-order valence-electron chi connectivity index (χ2n) is 4.57. The Kier molecular flexibility index (Phi) is 8.31. The van der Waals surface area contributed by atoms with Gasteiger partial charge in [-0.3, -0.25) is 4.79 Å². The molecule has 1 atom stereocenters. The lowest BCUT2D eigenvalue weighted by Gasteiger charge is -2.16. The summed E-state index contributed by atoms with van der Waals surface area (Å²) in [5, 5.41) is 7.00. The molecule has 0 saturated carbocycles. The average Bonchev–Trinajstić information content (AvgIpc) is 2.61. The number of hydrogen-bond donors (Lipinski definition) is 1. The van der Waals surface area contributed by atoms with Crippen LogP contribution in [0.5, 0.6) is 0 Å². The Labute approximate surface area is 131 Å². The molecule has 22 heavy (non-hydrogen) atoms. The topological polar surface area (TPSA) is 46.5 Å². The number of hydrogen-bond acceptors (Lipinski definition) is 3. The molecule has 2 aromatic carbocycles. The van der Waals surface area contributed by atoms with E-state index >= 15 is 0 Å². The fraction of sp³-hybridized carbons (Fsp3) is 0.211. The van der Waals surface area contributed by atoms with Crippen LogP contribution in [0.4, 0.5) is 0 Å². The number of rotatable bonds is 6. The fourth-order valence-electron chi connectivity index (χ4n) is 2.11. The van der Waals surface area contributed by atoms with E-state index < -0.39 is 0 Å². The molecule has 0 aliphatic carbocycles. The molecule has 1 unspecified atom stereocenters. The van der Waals surface area contributed by atoms with Gasteiger partial charge in [0, 0.05) is 7.11 Å². The molecule has 0 heterocycles. The van der Waals surface area contributed by atoms with E-state index in [4.69, 9.17) is 9.84 Å². The van der Waals surface area contributed by atoms with Gasteiger partial charge in [0.05, 0.1) is 5.92 Å². The Balaban J connectivity index is 0.00000116. The highest BCUT2D eigenvalue weighted by molar-refractivity contribution is 5.78. The normalized spacial score (nSPS) is 10.8. The van der Waals surface area contributed by atoms with E-state index in [2.05, 4.69) is 6.58 Å². The largest absolute Gasteiger partial charge is 0.461 e. The second-order valence-corrected chi connectivity index (χ2v) is 4.57. The van der Waals surface area contributed by atoms with Crippen molar-refractivity contribution in [3.8, 4) is 0 Å². The molecule has 2 aromatic rings. The van der Waals surface area contributed by atoms with Crippen LogP contribution in [0, 0.1) is 0 Å². The van der Waals surface area contributed by atoms with Crippen LogP contribution < -0.4 is 0 Å². The molecule has 0 saturated heterocycles. The Morgan fingerprint density at radius 1 is 1.09 bits per heavy atom. The standard InChI is InChI=1S/C18H18O2.CH4O/c1-2-13-20-18(19)17(16-11-7-4-8-12-16)14-15-9-5-3-6-10-15;1-2/h2-12,17H,1,13-14H2;2H,1H3. The molecule has 0 bridgehead atoms. The fourth-order valence-corrected chi connectivity index (χ4v) is 2.11. The van der Waals surface area contributed by atoms with E-state index in [-0.39, 0.29) is 18.5 Å². The van der Waals surface area contributed by atoms with Crippen LogP contribution in [0.1, 0.15) is 17.0 Å². The average molecular weight is 298 g/mol. The van der Waals surface area contributed by atoms with Crippen molar-refractivity contribution in [1.29, 1.82) is 0 Å². The van der Waals surface area contributed by atoms with Gasteiger partial charge in [0.1, 0.15) is 6.61 Å². The summed E-state index contributed by atoms with van der Waals surface area (Å²) in [6, 6.07) is 19.7. The third-order valence-electron chi connectivity index (χ3n) is 3.11. The minimum Gasteiger partial charge on any atom is -0.461 e. The molecular weight excluding hydrogens is 276 g/mol. The van der Waals surface area contributed by atoms with E-state index in [0.29, 0.717) is 6.42 Å². The lowest BCUT2D eigenvalue weighted by molar-refractivity contribution is -0.144. The minimum atomic E-state index is -0.279. The van der Waals surface area contributed by atoms with Gasteiger partial charge in [0.25, 0.3) is 0 Å². The lowest BCUT2D eigenvalue weighted by atomic mass is 9.92. The third-order valence-corrected chi connectivity index (χ3v) is 3.11. The Hall–Kier alpha value is -2.39. The van der Waals surface area contributed by atoms with Gasteiger partial charge in [-0.1, -0.05) is 73.3 Å². The van der Waals surface area contributed by atoms with Crippen LogP contribution >= 0.6 is 0 Å². The zero-order valence-electron chi connectivity index (χ0n) is 12.8. The zero-order chi connectivity index (χ0) is 16.2. The number of benzene rings is 2. The Bertz CT molecular complexity index is 549. The van der Waals surface area contributed by atoms with Gasteiger partial charge in [0.2, 0.25) is 0 Å². The SMILES string of the molecule is C=CCOC(=O)C(Cc1ccccc1)c1ccccc1.CO. The van der Waals surface area contributed by atoms with E-state index in [9.17, 15) is 4.79 Å². The lowest BCUT2D eigenvalue weighted by Crippen LogP contribution is -2.18. The second kappa shape index (κ2) is 10.4. The van der Waals surface area contributed by atoms with Crippen molar-refractivity contribution in [2.45, 2.75) is 12.3 Å². The number of aliphatic hydroxyl groups is 1. The molecule has 0 aliphatic rings. The molecule has 0 aliphatic heterocycles. The molecule has 1 N–H and O–H groups in total. The van der Waals surface area contributed by atoms with Gasteiger partial charge in [-0.2, -0.15) is 0 Å². The summed E-state index contributed by atoms with van der Waals surface area (Å²) in [5.41, 5.74) is 2.10. The smallest absolute Gasteiger partial charge is 0.314 e. The molecule has 3 nitrogen and oxygen atoms in total. The van der Waals surface area contributed by atoms with Crippen LogP contribution in [-0.4, -0.2) is 24.8 Å². The maximum absolute atomic E-state index is 12.2. The Morgan fingerprint density at radius 3 is 2.18 bits per heavy atom. The van der Waals surface area contributed by atoms with Crippen molar-refractivity contribution >= 4 is 5.97 Å². The quantitative estimate of drug-likeness (QED) is 0.657. The number of carbonyl (C=O) groups is 1. The van der Waals surface area contributed by atoms with Gasteiger partial charge < -0.3 is 9.84 Å².